The molecule has 0 heterocycles. The predicted octanol–water partition coefficient (Wildman–Crippen LogP) is 4.13. The Morgan fingerprint density at radius 3 is 2.21 bits per heavy atom. The van der Waals surface area contributed by atoms with Gasteiger partial charge < -0.3 is 9.47 Å². The van der Waals surface area contributed by atoms with E-state index in [-0.39, 0.29) is 17.0 Å². The number of rotatable bonds is 8. The van der Waals surface area contributed by atoms with Crippen LogP contribution < -0.4 is 9.47 Å². The van der Waals surface area contributed by atoms with Gasteiger partial charge in [-0.05, 0) is 18.1 Å². The molecule has 0 aliphatic heterocycles. The van der Waals surface area contributed by atoms with Crippen molar-refractivity contribution < 1.29 is 36.7 Å². The molecule has 0 unspecified atom stereocenters. The normalized spacial score (nSPS) is 11.1. The summed E-state index contributed by atoms with van der Waals surface area (Å²) in [5.41, 5.74) is -0.492. The maximum atomic E-state index is 12.8. The minimum absolute atomic E-state index is 0.164. The molecule has 10 heteroatoms. The van der Waals surface area contributed by atoms with Gasteiger partial charge in [-0.3, -0.25) is 9.63 Å². The third-order valence-corrected chi connectivity index (χ3v) is 3.25. The first-order chi connectivity index (χ1) is 11.2. The Hall–Kier alpha value is -1.74. The molecule has 0 fully saturated rings. The van der Waals surface area contributed by atoms with Crippen molar-refractivity contribution in [1.29, 1.82) is 0 Å². The maximum Gasteiger partial charge on any atom is 0.387 e. The average molecular weight is 374 g/mol. The molecule has 0 N–H and O–H groups in total. The Labute approximate surface area is 141 Å². The summed E-state index contributed by atoms with van der Waals surface area (Å²) < 4.78 is 59.5. The SMILES string of the molecule is CCCc1cc(Cl)c(OC(F)F)c(C(=O)N(C)OC)c1OC(F)F. The number of nitrogens with zero attached hydrogens (tertiary/aromatic N) is 1. The molecule has 136 valence electrons. The summed E-state index contributed by atoms with van der Waals surface area (Å²) >= 11 is 5.90. The Morgan fingerprint density at radius 2 is 1.75 bits per heavy atom. The van der Waals surface area contributed by atoms with Crippen molar-refractivity contribution >= 4 is 17.5 Å². The van der Waals surface area contributed by atoms with E-state index in [0.717, 1.165) is 13.2 Å². The van der Waals surface area contributed by atoms with Crippen molar-refractivity contribution in [3.63, 3.8) is 0 Å². The van der Waals surface area contributed by atoms with E-state index in [0.29, 0.717) is 11.5 Å². The fourth-order valence-corrected chi connectivity index (χ4v) is 2.26. The summed E-state index contributed by atoms with van der Waals surface area (Å²) in [6, 6.07) is 1.16. The first-order valence-electron chi connectivity index (χ1n) is 6.80. The molecule has 5 nitrogen and oxygen atoms in total. The molecular formula is C14H16ClF4NO4. The Bertz CT molecular complexity index is 586. The van der Waals surface area contributed by atoms with E-state index in [1.54, 1.807) is 6.92 Å². The number of aryl methyl sites for hydroxylation is 1. The standard InChI is InChI=1S/C14H16ClF4NO4/c1-4-5-7-6-8(15)11(24-14(18)19)9(10(7)23-13(16)17)12(21)20(2)22-3/h6,13-14H,4-5H2,1-3H3. The van der Waals surface area contributed by atoms with E-state index in [4.69, 9.17) is 11.6 Å². The lowest BCUT2D eigenvalue weighted by atomic mass is 10.0. The van der Waals surface area contributed by atoms with Gasteiger partial charge >= 0.3 is 13.2 Å². The highest BCUT2D eigenvalue weighted by atomic mass is 35.5. The minimum Gasteiger partial charge on any atom is -0.434 e. The molecule has 0 aliphatic rings. The second kappa shape index (κ2) is 8.93. The second-order valence-electron chi connectivity index (χ2n) is 4.54. The quantitative estimate of drug-likeness (QED) is 0.508. The van der Waals surface area contributed by atoms with Crippen molar-refractivity contribution in [2.75, 3.05) is 14.2 Å². The molecule has 0 aliphatic carbocycles. The van der Waals surface area contributed by atoms with Gasteiger partial charge in [0.05, 0.1) is 12.1 Å². The van der Waals surface area contributed by atoms with Crippen molar-refractivity contribution in [3.05, 3.63) is 22.2 Å². The lowest BCUT2D eigenvalue weighted by Crippen LogP contribution is -2.27. The number of amides is 1. The number of hydrogen-bond acceptors (Lipinski definition) is 4. The summed E-state index contributed by atoms with van der Waals surface area (Å²) in [4.78, 5) is 17.1. The molecular weight excluding hydrogens is 358 g/mol. The summed E-state index contributed by atoms with van der Waals surface area (Å²) in [6.45, 7) is -4.84. The van der Waals surface area contributed by atoms with Gasteiger partial charge in [0.1, 0.15) is 11.3 Å². The number of halogens is 5. The van der Waals surface area contributed by atoms with Crippen molar-refractivity contribution in [1.82, 2.24) is 5.06 Å². The highest BCUT2D eigenvalue weighted by Gasteiger charge is 2.30. The van der Waals surface area contributed by atoms with Crippen LogP contribution in [0.2, 0.25) is 5.02 Å². The van der Waals surface area contributed by atoms with Crippen LogP contribution in [0.3, 0.4) is 0 Å². The monoisotopic (exact) mass is 373 g/mol. The molecule has 1 aromatic carbocycles. The number of benzene rings is 1. The topological polar surface area (TPSA) is 48.0 Å². The zero-order valence-electron chi connectivity index (χ0n) is 13.1. The number of hydroxylamine groups is 2. The van der Waals surface area contributed by atoms with Crippen LogP contribution in [0.15, 0.2) is 6.07 Å². The zero-order chi connectivity index (χ0) is 18.4. The molecule has 0 spiro atoms. The van der Waals surface area contributed by atoms with E-state index in [2.05, 4.69) is 14.3 Å². The fourth-order valence-electron chi connectivity index (χ4n) is 1.98. The third-order valence-electron chi connectivity index (χ3n) is 2.97. The number of ether oxygens (including phenoxy) is 2. The van der Waals surface area contributed by atoms with Gasteiger partial charge in [0, 0.05) is 7.05 Å². The van der Waals surface area contributed by atoms with Crippen LogP contribution in [0, 0.1) is 0 Å². The third kappa shape index (κ3) is 4.88. The lowest BCUT2D eigenvalue weighted by Gasteiger charge is -2.22. The average Bonchev–Trinajstić information content (AvgIpc) is 2.49. The molecule has 1 rings (SSSR count). The van der Waals surface area contributed by atoms with Crippen LogP contribution in [0.1, 0.15) is 29.3 Å². The first kappa shape index (κ1) is 20.3. The Kier molecular flexibility index (Phi) is 7.56. The van der Waals surface area contributed by atoms with Crippen LogP contribution in [0.5, 0.6) is 11.5 Å². The molecule has 0 saturated carbocycles. The van der Waals surface area contributed by atoms with E-state index >= 15 is 0 Å². The van der Waals surface area contributed by atoms with E-state index < -0.39 is 36.2 Å². The number of hydrogen-bond donors (Lipinski definition) is 0. The van der Waals surface area contributed by atoms with Gasteiger partial charge in [0.15, 0.2) is 5.75 Å². The van der Waals surface area contributed by atoms with E-state index in [1.807, 2.05) is 0 Å². The number of alkyl halides is 4. The predicted molar refractivity (Wildman–Crippen MR) is 77.8 cm³/mol. The molecule has 0 atom stereocenters. The number of carbonyl (C=O) groups is 1. The minimum atomic E-state index is -3.32. The van der Waals surface area contributed by atoms with Gasteiger partial charge in [-0.2, -0.15) is 17.6 Å². The molecule has 1 aromatic rings. The van der Waals surface area contributed by atoms with Gasteiger partial charge in [-0.1, -0.05) is 24.9 Å². The highest BCUT2D eigenvalue weighted by Crippen LogP contribution is 2.41. The second-order valence-corrected chi connectivity index (χ2v) is 4.95. The summed E-state index contributed by atoms with van der Waals surface area (Å²) in [5.74, 6) is -2.35. The molecule has 1 amide bonds. The van der Waals surface area contributed by atoms with Gasteiger partial charge in [0.2, 0.25) is 0 Å². The molecule has 0 radical (unpaired) electrons. The summed E-state index contributed by atoms with van der Waals surface area (Å²) in [7, 11) is 2.30. The summed E-state index contributed by atoms with van der Waals surface area (Å²) in [6.07, 6.45) is 0.742. The van der Waals surface area contributed by atoms with Crippen molar-refractivity contribution in [2.24, 2.45) is 0 Å². The molecule has 0 saturated heterocycles. The van der Waals surface area contributed by atoms with E-state index in [1.165, 1.54) is 7.05 Å². The zero-order valence-corrected chi connectivity index (χ0v) is 13.9. The number of carbonyl (C=O) groups excluding carboxylic acids is 1. The Balaban J connectivity index is 3.66. The van der Waals surface area contributed by atoms with Crippen LogP contribution >= 0.6 is 11.6 Å². The smallest absolute Gasteiger partial charge is 0.387 e. The van der Waals surface area contributed by atoms with E-state index in [9.17, 15) is 22.4 Å². The largest absolute Gasteiger partial charge is 0.434 e. The van der Waals surface area contributed by atoms with Gasteiger partial charge in [0.25, 0.3) is 5.91 Å². The van der Waals surface area contributed by atoms with Crippen LogP contribution in [-0.2, 0) is 11.3 Å². The highest BCUT2D eigenvalue weighted by molar-refractivity contribution is 6.33. The lowest BCUT2D eigenvalue weighted by molar-refractivity contribution is -0.0789. The fraction of sp³-hybridized carbons (Fsp3) is 0.500. The maximum absolute atomic E-state index is 12.8. The van der Waals surface area contributed by atoms with Crippen LogP contribution in [-0.4, -0.2) is 38.4 Å². The van der Waals surface area contributed by atoms with Gasteiger partial charge in [-0.25, -0.2) is 5.06 Å². The van der Waals surface area contributed by atoms with Crippen LogP contribution in [0.25, 0.3) is 0 Å². The van der Waals surface area contributed by atoms with Crippen molar-refractivity contribution in [2.45, 2.75) is 33.0 Å². The molecule has 0 aromatic heterocycles. The summed E-state index contributed by atoms with van der Waals surface area (Å²) in [5, 5.41) is 0.325. The van der Waals surface area contributed by atoms with Gasteiger partial charge in [-0.15, -0.1) is 0 Å². The van der Waals surface area contributed by atoms with Crippen molar-refractivity contribution in [3.8, 4) is 11.5 Å². The van der Waals surface area contributed by atoms with Crippen LogP contribution in [0.4, 0.5) is 17.6 Å². The first-order valence-corrected chi connectivity index (χ1v) is 7.17. The molecule has 0 bridgehead atoms. The Morgan fingerprint density at radius 1 is 1.21 bits per heavy atom. The molecule has 24 heavy (non-hydrogen) atoms.